The van der Waals surface area contributed by atoms with Crippen molar-refractivity contribution in [3.8, 4) is 0 Å². The summed E-state index contributed by atoms with van der Waals surface area (Å²) in [5.74, 6) is -1.55. The Bertz CT molecular complexity index is 2080. The second-order valence-corrected chi connectivity index (χ2v) is 12.5. The van der Waals surface area contributed by atoms with Crippen LogP contribution in [0, 0.1) is 12.8 Å². The van der Waals surface area contributed by atoms with Crippen molar-refractivity contribution in [2.45, 2.75) is 51.6 Å². The van der Waals surface area contributed by atoms with Gasteiger partial charge in [-0.2, -0.15) is 14.6 Å². The lowest BCUT2D eigenvalue weighted by Gasteiger charge is -2.25. The molecule has 4 aromatic rings. The van der Waals surface area contributed by atoms with Crippen LogP contribution in [0.4, 0.5) is 0 Å². The van der Waals surface area contributed by atoms with E-state index in [2.05, 4.69) is 38.3 Å². The average molecular weight is 662 g/mol. The van der Waals surface area contributed by atoms with Gasteiger partial charge in [0.25, 0.3) is 17.6 Å². The largest absolute Gasteiger partial charge is 0.458 e. The van der Waals surface area contributed by atoms with Crippen molar-refractivity contribution in [3.63, 3.8) is 0 Å². The number of aryl methyl sites for hydroxylation is 1. The fraction of sp³-hybridized carbons (Fsp3) is 0.306. The van der Waals surface area contributed by atoms with E-state index in [1.165, 1.54) is 28.5 Å². The Balaban J connectivity index is 1.05. The maximum absolute atomic E-state index is 13.7. The minimum atomic E-state index is -0.473. The third kappa shape index (κ3) is 6.03. The predicted octanol–water partition coefficient (Wildman–Crippen LogP) is 3.00. The summed E-state index contributed by atoms with van der Waals surface area (Å²) >= 11 is 0. The highest BCUT2D eigenvalue weighted by molar-refractivity contribution is 5.98. The van der Waals surface area contributed by atoms with Gasteiger partial charge in [-0.05, 0) is 84.4 Å². The molecule has 0 bridgehead atoms. The monoisotopic (exact) mass is 661 g/mol. The van der Waals surface area contributed by atoms with Crippen LogP contribution < -0.4 is 16.4 Å². The van der Waals surface area contributed by atoms with Crippen molar-refractivity contribution in [1.29, 1.82) is 0 Å². The summed E-state index contributed by atoms with van der Waals surface area (Å²) in [5.41, 5.74) is 13.7. The number of cyclic esters (lactones) is 1. The lowest BCUT2D eigenvalue weighted by atomic mass is 9.79. The van der Waals surface area contributed by atoms with Crippen LogP contribution in [0.25, 0.3) is 5.78 Å². The number of carbonyl (C=O) groups is 4. The van der Waals surface area contributed by atoms with Gasteiger partial charge >= 0.3 is 11.9 Å². The van der Waals surface area contributed by atoms with Crippen LogP contribution in [0.3, 0.4) is 0 Å². The van der Waals surface area contributed by atoms with Gasteiger partial charge in [0.15, 0.2) is 0 Å². The maximum atomic E-state index is 13.7. The Morgan fingerprint density at radius 1 is 1.12 bits per heavy atom. The molecule has 2 aliphatic carbocycles. The summed E-state index contributed by atoms with van der Waals surface area (Å²) in [6, 6.07) is 10.7. The second-order valence-electron chi connectivity index (χ2n) is 12.5. The number of nitrogens with two attached hydrogens (primary N) is 1. The number of benzene rings is 2. The van der Waals surface area contributed by atoms with Gasteiger partial charge in [0.2, 0.25) is 0 Å². The molecule has 49 heavy (non-hydrogen) atoms. The molecular weight excluding hydrogens is 626 g/mol. The smallest absolute Gasteiger partial charge is 0.338 e. The summed E-state index contributed by atoms with van der Waals surface area (Å²) in [5, 5.41) is 10.1. The topological polar surface area (TPSA) is 180 Å². The predicted molar refractivity (Wildman–Crippen MR) is 176 cm³/mol. The Morgan fingerprint density at radius 2 is 1.98 bits per heavy atom. The van der Waals surface area contributed by atoms with Crippen LogP contribution in [-0.2, 0) is 40.1 Å². The number of rotatable bonds is 9. The van der Waals surface area contributed by atoms with Crippen LogP contribution in [0.1, 0.15) is 83.6 Å². The molecule has 2 aromatic heterocycles. The second kappa shape index (κ2) is 13.0. The molecule has 0 saturated heterocycles. The van der Waals surface area contributed by atoms with Gasteiger partial charge in [0.05, 0.1) is 22.9 Å². The normalized spacial score (nSPS) is 18.1. The molecule has 0 spiro atoms. The van der Waals surface area contributed by atoms with Gasteiger partial charge in [-0.3, -0.25) is 9.59 Å². The summed E-state index contributed by atoms with van der Waals surface area (Å²) in [6.07, 6.45) is 6.42. The molecule has 250 valence electrons. The van der Waals surface area contributed by atoms with Gasteiger partial charge in [0.1, 0.15) is 30.9 Å². The first-order valence-corrected chi connectivity index (χ1v) is 16.2. The molecule has 2 amide bonds. The third-order valence-electron chi connectivity index (χ3n) is 9.55. The fourth-order valence-electron chi connectivity index (χ4n) is 7.08. The zero-order valence-corrected chi connectivity index (χ0v) is 27.0. The van der Waals surface area contributed by atoms with E-state index in [4.69, 9.17) is 15.2 Å². The van der Waals surface area contributed by atoms with Gasteiger partial charge in [-0.1, -0.05) is 36.9 Å². The number of hydrogen-bond donors (Lipinski definition) is 3. The van der Waals surface area contributed by atoms with Crippen LogP contribution >= 0.6 is 0 Å². The average Bonchev–Trinajstić information content (AvgIpc) is 3.84. The number of nitrogens with one attached hydrogen (secondary N) is 2. The Hall–Kier alpha value is -5.85. The van der Waals surface area contributed by atoms with E-state index in [-0.39, 0.29) is 54.9 Å². The van der Waals surface area contributed by atoms with E-state index in [0.717, 1.165) is 40.7 Å². The highest BCUT2D eigenvalue weighted by Gasteiger charge is 2.33. The number of carbonyl (C=O) groups excluding carboxylic acids is 4. The molecule has 1 unspecified atom stereocenters. The number of nitrogens with zero attached hydrogens (tertiary/aromatic N) is 4. The first-order valence-electron chi connectivity index (χ1n) is 16.2. The van der Waals surface area contributed by atoms with E-state index < -0.39 is 17.8 Å². The van der Waals surface area contributed by atoms with Gasteiger partial charge in [-0.15, -0.1) is 0 Å². The van der Waals surface area contributed by atoms with E-state index in [0.29, 0.717) is 36.1 Å². The highest BCUT2D eigenvalue weighted by atomic mass is 16.5. The molecule has 0 radical (unpaired) electrons. The maximum Gasteiger partial charge on any atom is 0.338 e. The summed E-state index contributed by atoms with van der Waals surface area (Å²) < 4.78 is 11.6. The molecule has 3 aliphatic rings. The molecule has 13 nitrogen and oxygen atoms in total. The van der Waals surface area contributed by atoms with Crippen LogP contribution in [0.15, 0.2) is 66.7 Å². The van der Waals surface area contributed by atoms with Crippen LogP contribution in [0.5, 0.6) is 0 Å². The molecular formula is C36H35N7O6. The Morgan fingerprint density at radius 3 is 2.78 bits per heavy atom. The summed E-state index contributed by atoms with van der Waals surface area (Å²) in [6.45, 7) is 5.96. The van der Waals surface area contributed by atoms with Crippen molar-refractivity contribution in [2.24, 2.45) is 11.7 Å². The molecule has 3 heterocycles. The zero-order chi connectivity index (χ0) is 34.2. The van der Waals surface area contributed by atoms with Gasteiger partial charge in [0, 0.05) is 12.6 Å². The summed E-state index contributed by atoms with van der Waals surface area (Å²) in [4.78, 5) is 60.3. The van der Waals surface area contributed by atoms with Gasteiger partial charge < -0.3 is 25.8 Å². The Labute approximate surface area is 281 Å². The van der Waals surface area contributed by atoms with Crippen molar-refractivity contribution in [3.05, 3.63) is 117 Å². The van der Waals surface area contributed by atoms with Crippen LogP contribution in [-0.4, -0.2) is 56.5 Å². The molecule has 7 rings (SSSR count). The molecule has 4 N–H and O–H groups in total. The van der Waals surface area contributed by atoms with E-state index >= 15 is 0 Å². The highest BCUT2D eigenvalue weighted by Crippen LogP contribution is 2.36. The Kier molecular flexibility index (Phi) is 8.41. The van der Waals surface area contributed by atoms with E-state index in [1.54, 1.807) is 6.07 Å². The fourth-order valence-corrected chi connectivity index (χ4v) is 7.08. The van der Waals surface area contributed by atoms with Crippen molar-refractivity contribution in [2.75, 3.05) is 13.2 Å². The third-order valence-corrected chi connectivity index (χ3v) is 9.55. The van der Waals surface area contributed by atoms with Gasteiger partial charge in [-0.25, -0.2) is 14.6 Å². The van der Waals surface area contributed by atoms with Crippen molar-refractivity contribution < 1.29 is 28.7 Å². The quantitative estimate of drug-likeness (QED) is 0.178. The lowest BCUT2D eigenvalue weighted by molar-refractivity contribution is -0.136. The SMILES string of the molecule is C=CCOC(=O)c1ccc2c(c1C)CC[C@@H]2NC(=O)c1cc(C(=O)NCc2ccc3c(c2)CC(C2=C(N)COC2=O)CC3)nc2ncnn12. The minimum absolute atomic E-state index is 0.00129. The van der Waals surface area contributed by atoms with Crippen molar-refractivity contribution in [1.82, 2.24) is 30.2 Å². The number of ether oxygens (including phenoxy) is 2. The number of fused-ring (bicyclic) bond motifs is 3. The molecule has 0 saturated carbocycles. The zero-order valence-electron chi connectivity index (χ0n) is 27.0. The molecule has 0 fully saturated rings. The number of hydrogen-bond acceptors (Lipinski definition) is 10. The van der Waals surface area contributed by atoms with Crippen molar-refractivity contribution >= 4 is 29.5 Å². The van der Waals surface area contributed by atoms with E-state index in [9.17, 15) is 19.2 Å². The minimum Gasteiger partial charge on any atom is -0.458 e. The molecule has 2 aromatic carbocycles. The molecule has 1 aliphatic heterocycles. The molecule has 13 heteroatoms. The van der Waals surface area contributed by atoms with E-state index in [1.807, 2.05) is 25.1 Å². The standard InChI is InChI=1S/C36H35N7O6/c1-3-12-48-34(46)25-8-9-26-24(19(25)2)10-11-28(26)41-33(45)30-15-29(42-36-39-18-40-43(30)36)32(44)38-16-20-4-5-21-6-7-22(14-23(21)13-20)31-27(37)17-49-35(31)47/h3-5,8-9,13,15,18,22,28H,1,6-7,10-12,14,16-17,37H2,2H3,(H,38,44)(H,41,45)/t22?,28-/m0/s1. The number of esters is 2. The first-order chi connectivity index (χ1) is 23.7. The number of aromatic nitrogens is 4. The first kappa shape index (κ1) is 31.7. The summed E-state index contributed by atoms with van der Waals surface area (Å²) in [7, 11) is 0. The number of amides is 2. The molecule has 2 atom stereocenters. The van der Waals surface area contributed by atoms with Crippen LogP contribution in [0.2, 0.25) is 0 Å². The lowest BCUT2D eigenvalue weighted by Crippen LogP contribution is -2.31.